The van der Waals surface area contributed by atoms with Gasteiger partial charge in [0.15, 0.2) is 0 Å². The van der Waals surface area contributed by atoms with Crippen LogP contribution in [-0.2, 0) is 6.18 Å². The second-order valence-electron chi connectivity index (χ2n) is 5.90. The Morgan fingerprint density at radius 1 is 1.29 bits per heavy atom. The lowest BCUT2D eigenvalue weighted by Crippen LogP contribution is -2.34. The highest BCUT2D eigenvalue weighted by molar-refractivity contribution is 5.48. The van der Waals surface area contributed by atoms with Crippen molar-refractivity contribution in [2.45, 2.75) is 32.5 Å². The number of hydrogen-bond acceptors (Lipinski definition) is 4. The second-order valence-corrected chi connectivity index (χ2v) is 5.90. The number of nitrogen functional groups attached to an aromatic ring is 1. The van der Waals surface area contributed by atoms with Gasteiger partial charge in [0, 0.05) is 12.6 Å². The summed E-state index contributed by atoms with van der Waals surface area (Å²) in [5.74, 6) is 0.445. The van der Waals surface area contributed by atoms with Crippen LogP contribution in [0, 0.1) is 5.92 Å². The van der Waals surface area contributed by atoms with Crippen molar-refractivity contribution in [3.05, 3.63) is 17.7 Å². The lowest BCUT2D eigenvalue weighted by molar-refractivity contribution is -0.137. The van der Waals surface area contributed by atoms with Crippen molar-refractivity contribution in [2.24, 2.45) is 5.92 Å². The van der Waals surface area contributed by atoms with Gasteiger partial charge in [-0.1, -0.05) is 13.8 Å². The summed E-state index contributed by atoms with van der Waals surface area (Å²) in [4.78, 5) is 5.93. The second kappa shape index (κ2) is 6.98. The Labute approximate surface area is 123 Å². The molecule has 1 aromatic heterocycles. The average molecular weight is 304 g/mol. The van der Waals surface area contributed by atoms with Crippen LogP contribution in [0.1, 0.15) is 25.8 Å². The Morgan fingerprint density at radius 2 is 1.90 bits per heavy atom. The van der Waals surface area contributed by atoms with Gasteiger partial charge in [-0.3, -0.25) is 0 Å². The molecule has 7 heteroatoms. The maximum absolute atomic E-state index is 12.8. The maximum Gasteiger partial charge on any atom is 0.416 e. The number of nitrogens with two attached hydrogens (primary N) is 1. The molecule has 0 saturated carbocycles. The van der Waals surface area contributed by atoms with Crippen molar-refractivity contribution in [2.75, 3.05) is 31.7 Å². The SMILES string of the molecule is CC(C)CC(CN(C)C)Nc1cc(C(F)(F)F)cc(N)n1. The zero-order valence-corrected chi connectivity index (χ0v) is 12.8. The predicted octanol–water partition coefficient (Wildman–Crippen LogP) is 3.07. The van der Waals surface area contributed by atoms with Gasteiger partial charge in [-0.25, -0.2) is 4.98 Å². The van der Waals surface area contributed by atoms with Crippen molar-refractivity contribution in [1.29, 1.82) is 0 Å². The van der Waals surface area contributed by atoms with E-state index in [4.69, 9.17) is 5.73 Å². The largest absolute Gasteiger partial charge is 0.416 e. The molecule has 3 N–H and O–H groups in total. The lowest BCUT2D eigenvalue weighted by atomic mass is 10.0. The van der Waals surface area contributed by atoms with E-state index in [0.717, 1.165) is 18.6 Å². The van der Waals surface area contributed by atoms with Crippen LogP contribution in [0.25, 0.3) is 0 Å². The van der Waals surface area contributed by atoms with Crippen LogP contribution in [0.4, 0.5) is 24.8 Å². The Kier molecular flexibility index (Phi) is 5.83. The fraction of sp³-hybridized carbons (Fsp3) is 0.643. The van der Waals surface area contributed by atoms with Crippen molar-refractivity contribution in [3.8, 4) is 0 Å². The van der Waals surface area contributed by atoms with Gasteiger partial charge in [-0.15, -0.1) is 0 Å². The Bertz CT molecular complexity index is 448. The molecule has 0 fully saturated rings. The Hall–Kier alpha value is -1.50. The molecule has 1 rings (SSSR count). The molecule has 0 saturated heterocycles. The number of likely N-dealkylation sites (N-methyl/N-ethyl adjacent to an activating group) is 1. The van der Waals surface area contributed by atoms with E-state index in [2.05, 4.69) is 24.1 Å². The highest BCUT2D eigenvalue weighted by Crippen LogP contribution is 2.31. The number of pyridine rings is 1. The van der Waals surface area contributed by atoms with E-state index in [1.54, 1.807) is 0 Å². The first kappa shape index (κ1) is 17.6. The number of nitrogens with zero attached hydrogens (tertiary/aromatic N) is 2. The highest BCUT2D eigenvalue weighted by Gasteiger charge is 2.31. The zero-order valence-electron chi connectivity index (χ0n) is 12.8. The molecule has 0 spiro atoms. The van der Waals surface area contributed by atoms with E-state index in [0.29, 0.717) is 12.5 Å². The van der Waals surface area contributed by atoms with E-state index in [9.17, 15) is 13.2 Å². The molecule has 0 aliphatic carbocycles. The first-order valence-electron chi connectivity index (χ1n) is 6.84. The van der Waals surface area contributed by atoms with Gasteiger partial charge in [0.2, 0.25) is 0 Å². The van der Waals surface area contributed by atoms with Gasteiger partial charge < -0.3 is 16.0 Å². The molecule has 120 valence electrons. The summed E-state index contributed by atoms with van der Waals surface area (Å²) in [6.45, 7) is 4.84. The molecule has 0 aromatic carbocycles. The first-order valence-corrected chi connectivity index (χ1v) is 6.84. The molecular formula is C14H23F3N4. The number of alkyl halides is 3. The number of halogens is 3. The molecule has 1 heterocycles. The number of nitrogens with one attached hydrogen (secondary N) is 1. The van der Waals surface area contributed by atoms with Gasteiger partial charge in [0.05, 0.1) is 5.56 Å². The third kappa shape index (κ3) is 6.20. The quantitative estimate of drug-likeness (QED) is 0.848. The summed E-state index contributed by atoms with van der Waals surface area (Å²) in [5, 5.41) is 3.06. The van der Waals surface area contributed by atoms with Gasteiger partial charge in [0.1, 0.15) is 11.6 Å². The molecule has 0 radical (unpaired) electrons. The third-order valence-electron chi connectivity index (χ3n) is 2.87. The van der Waals surface area contributed by atoms with E-state index in [-0.39, 0.29) is 17.7 Å². The molecule has 0 aliphatic heterocycles. The van der Waals surface area contributed by atoms with Crippen molar-refractivity contribution in [1.82, 2.24) is 9.88 Å². The van der Waals surface area contributed by atoms with Crippen molar-refractivity contribution in [3.63, 3.8) is 0 Å². The van der Waals surface area contributed by atoms with Crippen LogP contribution in [-0.4, -0.2) is 36.6 Å². The fourth-order valence-corrected chi connectivity index (χ4v) is 2.19. The minimum Gasteiger partial charge on any atom is -0.384 e. The van der Waals surface area contributed by atoms with Gasteiger partial charge >= 0.3 is 6.18 Å². The summed E-state index contributed by atoms with van der Waals surface area (Å²) in [5.41, 5.74) is 4.69. The van der Waals surface area contributed by atoms with Gasteiger partial charge in [-0.05, 0) is 38.6 Å². The van der Waals surface area contributed by atoms with Crippen LogP contribution in [0.3, 0.4) is 0 Å². The van der Waals surface area contributed by atoms with Crippen LogP contribution in [0.15, 0.2) is 12.1 Å². The van der Waals surface area contributed by atoms with Gasteiger partial charge in [-0.2, -0.15) is 13.2 Å². The minimum atomic E-state index is -4.43. The summed E-state index contributed by atoms with van der Waals surface area (Å²) in [6, 6.07) is 1.85. The average Bonchev–Trinajstić information content (AvgIpc) is 2.24. The summed E-state index contributed by atoms with van der Waals surface area (Å²) in [7, 11) is 3.84. The van der Waals surface area contributed by atoms with Crippen molar-refractivity contribution < 1.29 is 13.2 Å². The predicted molar refractivity (Wildman–Crippen MR) is 79.1 cm³/mol. The Balaban J connectivity index is 2.95. The molecule has 21 heavy (non-hydrogen) atoms. The third-order valence-corrected chi connectivity index (χ3v) is 2.87. The molecule has 0 aliphatic rings. The number of anilines is 2. The molecule has 0 bridgehead atoms. The molecule has 0 amide bonds. The van der Waals surface area contributed by atoms with Gasteiger partial charge in [0.25, 0.3) is 0 Å². The maximum atomic E-state index is 12.8. The smallest absolute Gasteiger partial charge is 0.384 e. The summed E-state index contributed by atoms with van der Waals surface area (Å²) < 4.78 is 38.4. The van der Waals surface area contributed by atoms with Crippen molar-refractivity contribution >= 4 is 11.6 Å². The lowest BCUT2D eigenvalue weighted by Gasteiger charge is -2.25. The fourth-order valence-electron chi connectivity index (χ4n) is 2.19. The van der Waals surface area contributed by atoms with Crippen LogP contribution < -0.4 is 11.1 Å². The molecule has 4 nitrogen and oxygen atoms in total. The topological polar surface area (TPSA) is 54.2 Å². The zero-order chi connectivity index (χ0) is 16.2. The molecule has 1 atom stereocenters. The first-order chi connectivity index (χ1) is 9.57. The minimum absolute atomic E-state index is 0.00961. The van der Waals surface area contributed by atoms with E-state index >= 15 is 0 Å². The number of aromatic nitrogens is 1. The van der Waals surface area contributed by atoms with Crippen LogP contribution in [0.5, 0.6) is 0 Å². The summed E-state index contributed by atoms with van der Waals surface area (Å²) >= 11 is 0. The highest BCUT2D eigenvalue weighted by atomic mass is 19.4. The summed E-state index contributed by atoms with van der Waals surface area (Å²) in [6.07, 6.45) is -3.60. The van der Waals surface area contributed by atoms with E-state index in [1.807, 2.05) is 19.0 Å². The monoisotopic (exact) mass is 304 g/mol. The number of hydrogen-bond donors (Lipinski definition) is 2. The molecule has 1 aromatic rings. The van der Waals surface area contributed by atoms with Crippen LogP contribution >= 0.6 is 0 Å². The van der Waals surface area contributed by atoms with Crippen LogP contribution in [0.2, 0.25) is 0 Å². The molecular weight excluding hydrogens is 281 g/mol. The molecule has 1 unspecified atom stereocenters. The standard InChI is InChI=1S/C14H23F3N4/c1-9(2)5-11(8-21(3)4)19-13-7-10(14(15,16)17)6-12(18)20-13/h6-7,9,11H,5,8H2,1-4H3,(H3,18,19,20). The Morgan fingerprint density at radius 3 is 2.38 bits per heavy atom. The van der Waals surface area contributed by atoms with E-state index < -0.39 is 11.7 Å². The normalized spacial score (nSPS) is 13.8. The van der Waals surface area contributed by atoms with E-state index in [1.165, 1.54) is 0 Å². The number of rotatable bonds is 6.